The molecule has 1 amide bonds. The number of nitrogens with one attached hydrogen (secondary N) is 1. The van der Waals surface area contributed by atoms with Crippen LogP contribution in [0.2, 0.25) is 0 Å². The van der Waals surface area contributed by atoms with E-state index in [4.69, 9.17) is 20.3 Å². The Labute approximate surface area is 305 Å². The molecule has 0 unspecified atom stereocenters. The molecule has 0 radical (unpaired) electrons. The smallest absolute Gasteiger partial charge is 0.307 e. The Kier molecular flexibility index (Phi) is 9.18. The van der Waals surface area contributed by atoms with Gasteiger partial charge in [0, 0.05) is 16.4 Å². The zero-order chi connectivity index (χ0) is 36.8. The van der Waals surface area contributed by atoms with Gasteiger partial charge in [-0.3, -0.25) is 9.59 Å². The first-order valence-electron chi connectivity index (χ1n) is 20.0. The molecule has 7 rings (SSSR count). The summed E-state index contributed by atoms with van der Waals surface area (Å²) < 4.78 is 15.7. The molecule has 0 aromatic carbocycles. The van der Waals surface area contributed by atoms with Gasteiger partial charge in [0.1, 0.15) is 6.33 Å². The van der Waals surface area contributed by atoms with E-state index in [1.165, 1.54) is 31.2 Å². The Morgan fingerprint density at radius 1 is 1.06 bits per heavy atom. The second kappa shape index (κ2) is 12.6. The van der Waals surface area contributed by atoms with E-state index in [-0.39, 0.29) is 51.1 Å². The summed E-state index contributed by atoms with van der Waals surface area (Å²) in [7, 11) is 2.06. The van der Waals surface area contributed by atoms with Crippen LogP contribution in [0.5, 0.6) is 0 Å². The summed E-state index contributed by atoms with van der Waals surface area (Å²) in [4.78, 5) is 30.7. The molecule has 5 fully saturated rings. The first-order valence-corrected chi connectivity index (χ1v) is 20.0. The predicted octanol–water partition coefficient (Wildman–Crippen LogP) is 6.81. The Balaban J connectivity index is 1.32. The van der Waals surface area contributed by atoms with Gasteiger partial charge >= 0.3 is 5.97 Å². The molecule has 2 bridgehead atoms. The first kappa shape index (κ1) is 37.0. The van der Waals surface area contributed by atoms with Crippen molar-refractivity contribution in [3.63, 3.8) is 0 Å². The number of aliphatic carboxylic acids is 1. The van der Waals surface area contributed by atoms with Crippen LogP contribution < -0.4 is 11.1 Å². The molecule has 51 heavy (non-hydrogen) atoms. The molecule has 10 heteroatoms. The molecule has 1 aliphatic heterocycles. The summed E-state index contributed by atoms with van der Waals surface area (Å²) in [6, 6.07) is -0.258. The summed E-state index contributed by atoms with van der Waals surface area (Å²) >= 11 is 0. The molecule has 6 aliphatic rings. The molecule has 5 aliphatic carbocycles. The third kappa shape index (κ3) is 5.18. The van der Waals surface area contributed by atoms with Crippen molar-refractivity contribution >= 4 is 11.9 Å². The second-order valence-corrected chi connectivity index (χ2v) is 19.3. The molecule has 11 atom stereocenters. The van der Waals surface area contributed by atoms with Crippen LogP contribution in [0.25, 0.3) is 0 Å². The van der Waals surface area contributed by atoms with E-state index in [9.17, 15) is 14.7 Å². The van der Waals surface area contributed by atoms with Crippen LogP contribution in [-0.4, -0.2) is 70.3 Å². The molecular formula is C41H65N5O5. The number of hydrogen-bond donors (Lipinski definition) is 3. The number of allylic oxidation sites excluding steroid dienone is 1. The average molecular weight is 708 g/mol. The largest absolute Gasteiger partial charge is 0.481 e. The standard InChI is InChI=1S/C41H65N5O5/c1-25(2)26(3)36(4)18-19-38(6)27-12-13-30-37(5)21-50-23-41(30,28(27)14-17-39(38,7)31(36)35(48)49)20-29(46-34(33(42)47)44-24-45-46)32(37)51-22-40(43-8)15-10-9-11-16-40/h14,24-27,29-32,43H,9-13,15-23H2,1-8H3,(H2,42,47)(H,48,49)/t26-,27+,29-,30+,31-,32+,36-,37-,38-,39+,41+/m1/s1. The van der Waals surface area contributed by atoms with Crippen LogP contribution in [0.1, 0.15) is 136 Å². The lowest BCUT2D eigenvalue weighted by Gasteiger charge is -2.71. The van der Waals surface area contributed by atoms with Gasteiger partial charge in [0.2, 0.25) is 5.82 Å². The number of nitrogens with two attached hydrogens (primary N) is 1. The first-order chi connectivity index (χ1) is 24.0. The average Bonchev–Trinajstić information content (AvgIpc) is 3.58. The molecule has 1 saturated heterocycles. The van der Waals surface area contributed by atoms with Gasteiger partial charge in [-0.1, -0.05) is 79.4 Å². The number of amides is 1. The molecule has 1 aromatic rings. The minimum Gasteiger partial charge on any atom is -0.481 e. The topological polar surface area (TPSA) is 142 Å². The van der Waals surface area contributed by atoms with E-state index in [2.05, 4.69) is 71.9 Å². The van der Waals surface area contributed by atoms with Gasteiger partial charge < -0.3 is 25.6 Å². The number of carbonyl (C=O) groups excluding carboxylic acids is 1. The highest BCUT2D eigenvalue weighted by Crippen LogP contribution is 2.75. The van der Waals surface area contributed by atoms with Crippen LogP contribution in [0, 0.1) is 56.7 Å². The SMILES string of the molecule is CNC1(CO[C@H]2[C@H](n3ncnc3C(N)=O)C[C@@]34COC[C@]2(C)[C@@H]3CC[C@H]2C4=CC[C@@]3(C)[C@H](C(=O)O)[C@@](C)([C@H](C)C(C)C)CC[C@]23C)CCCCC1. The summed E-state index contributed by atoms with van der Waals surface area (Å²) in [6.45, 7) is 17.9. The number of primary amides is 1. The monoisotopic (exact) mass is 707 g/mol. The zero-order valence-corrected chi connectivity index (χ0v) is 32.6. The Morgan fingerprint density at radius 3 is 2.43 bits per heavy atom. The number of likely N-dealkylation sites (N-methyl/N-ethyl adjacent to an activating group) is 1. The summed E-state index contributed by atoms with van der Waals surface area (Å²) in [6.07, 6.45) is 14.9. The van der Waals surface area contributed by atoms with E-state index in [1.54, 1.807) is 4.68 Å². The zero-order valence-electron chi connectivity index (χ0n) is 32.6. The van der Waals surface area contributed by atoms with Crippen LogP contribution in [-0.2, 0) is 14.3 Å². The van der Waals surface area contributed by atoms with E-state index < -0.39 is 23.2 Å². The van der Waals surface area contributed by atoms with Gasteiger partial charge in [-0.05, 0) is 98.3 Å². The van der Waals surface area contributed by atoms with Gasteiger partial charge in [-0.25, -0.2) is 9.67 Å². The maximum absolute atomic E-state index is 13.5. The number of hydrogen-bond acceptors (Lipinski definition) is 7. The number of carboxylic acid groups (broad SMARTS) is 1. The summed E-state index contributed by atoms with van der Waals surface area (Å²) in [5.41, 5.74) is 5.82. The lowest BCUT2D eigenvalue weighted by molar-refractivity contribution is -0.253. The van der Waals surface area contributed by atoms with Gasteiger partial charge in [-0.2, -0.15) is 5.10 Å². The molecular weight excluding hydrogens is 642 g/mol. The third-order valence-corrected chi connectivity index (χ3v) is 17.1. The van der Waals surface area contributed by atoms with Gasteiger partial charge in [0.05, 0.1) is 37.9 Å². The van der Waals surface area contributed by atoms with Crippen LogP contribution >= 0.6 is 0 Å². The van der Waals surface area contributed by atoms with Gasteiger partial charge in [-0.15, -0.1) is 0 Å². The van der Waals surface area contributed by atoms with Gasteiger partial charge in [0.15, 0.2) is 0 Å². The van der Waals surface area contributed by atoms with Crippen molar-refractivity contribution in [3.8, 4) is 0 Å². The fourth-order valence-electron chi connectivity index (χ4n) is 13.7. The fraction of sp³-hybridized carbons (Fsp3) is 0.854. The Bertz CT molecular complexity index is 1550. The number of nitrogens with zero attached hydrogens (tertiary/aromatic N) is 3. The Morgan fingerprint density at radius 2 is 1.78 bits per heavy atom. The lowest BCUT2D eigenvalue weighted by atomic mass is 9.34. The van der Waals surface area contributed by atoms with Crippen LogP contribution in [0.3, 0.4) is 0 Å². The highest BCUT2D eigenvalue weighted by atomic mass is 16.5. The molecule has 4 N–H and O–H groups in total. The molecule has 1 aromatic heterocycles. The van der Waals surface area contributed by atoms with E-state index in [0.717, 1.165) is 44.9 Å². The molecule has 2 heterocycles. The second-order valence-electron chi connectivity index (χ2n) is 19.3. The maximum Gasteiger partial charge on any atom is 0.307 e. The van der Waals surface area contributed by atoms with Crippen molar-refractivity contribution < 1.29 is 24.2 Å². The highest BCUT2D eigenvalue weighted by molar-refractivity contribution is 5.89. The number of fused-ring (bicyclic) bond motifs is 3. The van der Waals surface area contributed by atoms with Crippen molar-refractivity contribution in [2.45, 2.75) is 137 Å². The van der Waals surface area contributed by atoms with E-state index >= 15 is 0 Å². The molecule has 0 spiro atoms. The van der Waals surface area contributed by atoms with Crippen LogP contribution in [0.4, 0.5) is 0 Å². The van der Waals surface area contributed by atoms with Crippen molar-refractivity contribution in [2.24, 2.45) is 62.4 Å². The van der Waals surface area contributed by atoms with E-state index in [1.807, 2.05) is 0 Å². The highest BCUT2D eigenvalue weighted by Gasteiger charge is 2.72. The predicted molar refractivity (Wildman–Crippen MR) is 196 cm³/mol. The number of ether oxygens (including phenoxy) is 2. The van der Waals surface area contributed by atoms with Crippen LogP contribution in [0.15, 0.2) is 18.0 Å². The van der Waals surface area contributed by atoms with Gasteiger partial charge in [0.25, 0.3) is 5.91 Å². The van der Waals surface area contributed by atoms with Crippen molar-refractivity contribution in [1.82, 2.24) is 20.1 Å². The molecule has 284 valence electrons. The summed E-state index contributed by atoms with van der Waals surface area (Å²) in [5.74, 6) is -0.228. The quantitative estimate of drug-likeness (QED) is 0.238. The third-order valence-electron chi connectivity index (χ3n) is 17.1. The normalized spacial score (nSPS) is 43.7. The maximum atomic E-state index is 13.5. The summed E-state index contributed by atoms with van der Waals surface area (Å²) in [5, 5.41) is 19.4. The number of rotatable bonds is 9. The number of carboxylic acids is 1. The number of carbonyl (C=O) groups is 2. The number of aromatic nitrogens is 3. The Hall–Kier alpha value is -2.30. The molecule has 10 nitrogen and oxygen atoms in total. The minimum absolute atomic E-state index is 0.0794. The molecule has 4 saturated carbocycles. The fourth-order valence-corrected chi connectivity index (χ4v) is 13.7. The minimum atomic E-state index is -0.643. The van der Waals surface area contributed by atoms with Crippen molar-refractivity contribution in [3.05, 3.63) is 23.8 Å². The van der Waals surface area contributed by atoms with E-state index in [0.29, 0.717) is 44.0 Å². The van der Waals surface area contributed by atoms with Crippen molar-refractivity contribution in [2.75, 3.05) is 26.9 Å². The lowest BCUT2D eigenvalue weighted by Crippen LogP contribution is -2.69. The van der Waals surface area contributed by atoms with Crippen molar-refractivity contribution in [1.29, 1.82) is 0 Å².